The summed E-state index contributed by atoms with van der Waals surface area (Å²) in [6.45, 7) is 2.96. The third-order valence-corrected chi connectivity index (χ3v) is 5.33. The van der Waals surface area contributed by atoms with E-state index in [1.54, 1.807) is 0 Å². The van der Waals surface area contributed by atoms with Crippen molar-refractivity contribution in [1.82, 2.24) is 15.5 Å². The van der Waals surface area contributed by atoms with Crippen LogP contribution in [0.25, 0.3) is 0 Å². The molecular formula is C16H27N3O2. The van der Waals surface area contributed by atoms with E-state index in [-0.39, 0.29) is 23.9 Å². The van der Waals surface area contributed by atoms with Gasteiger partial charge in [-0.15, -0.1) is 0 Å². The molecule has 3 aliphatic rings. The van der Waals surface area contributed by atoms with E-state index < -0.39 is 0 Å². The molecule has 0 aromatic heterocycles. The highest BCUT2D eigenvalue weighted by molar-refractivity contribution is 5.89. The lowest BCUT2D eigenvalue weighted by Gasteiger charge is -2.41. The molecule has 21 heavy (non-hydrogen) atoms. The molecule has 2 aliphatic heterocycles. The van der Waals surface area contributed by atoms with E-state index in [4.69, 9.17) is 0 Å². The van der Waals surface area contributed by atoms with Crippen LogP contribution in [0.15, 0.2) is 0 Å². The van der Waals surface area contributed by atoms with Gasteiger partial charge in [0.25, 0.3) is 0 Å². The van der Waals surface area contributed by atoms with Crippen molar-refractivity contribution in [3.05, 3.63) is 0 Å². The summed E-state index contributed by atoms with van der Waals surface area (Å²) in [6, 6.07) is 0.603. The van der Waals surface area contributed by atoms with Gasteiger partial charge in [-0.25, -0.2) is 0 Å². The topological polar surface area (TPSA) is 61.4 Å². The Kier molecular flexibility index (Phi) is 4.48. The molecule has 1 saturated carbocycles. The minimum Gasteiger partial charge on any atom is -0.350 e. The molecule has 2 amide bonds. The maximum Gasteiger partial charge on any atom is 0.237 e. The summed E-state index contributed by atoms with van der Waals surface area (Å²) >= 11 is 0. The van der Waals surface area contributed by atoms with Crippen molar-refractivity contribution in [2.75, 3.05) is 6.54 Å². The Labute approximate surface area is 126 Å². The van der Waals surface area contributed by atoms with Crippen molar-refractivity contribution < 1.29 is 9.59 Å². The van der Waals surface area contributed by atoms with Crippen LogP contribution in [0.4, 0.5) is 0 Å². The van der Waals surface area contributed by atoms with Gasteiger partial charge in [0.1, 0.15) is 0 Å². The van der Waals surface area contributed by atoms with Crippen LogP contribution in [0.2, 0.25) is 0 Å². The molecule has 2 N–H and O–H groups in total. The molecule has 3 rings (SSSR count). The highest BCUT2D eigenvalue weighted by Crippen LogP contribution is 2.23. The number of piperidine rings is 1. The van der Waals surface area contributed by atoms with E-state index in [0.29, 0.717) is 18.5 Å². The molecule has 0 spiro atoms. The standard InChI is InChI=1S/C16H27N3O2/c1-11-6-4-5-9-19(11)15(20)10-14-16(21)18-13-8-3-2-7-12(13)17-14/h11-14,17H,2-10H2,1H3,(H,18,21). The zero-order valence-electron chi connectivity index (χ0n) is 12.9. The number of amides is 2. The minimum atomic E-state index is -0.342. The summed E-state index contributed by atoms with van der Waals surface area (Å²) in [5.74, 6) is 0.139. The highest BCUT2D eigenvalue weighted by Gasteiger charge is 2.38. The van der Waals surface area contributed by atoms with E-state index >= 15 is 0 Å². The van der Waals surface area contributed by atoms with Crippen LogP contribution in [0.1, 0.15) is 58.3 Å². The van der Waals surface area contributed by atoms with Gasteiger partial charge in [0.2, 0.25) is 11.8 Å². The SMILES string of the molecule is CC1CCCCN1C(=O)CC1NC2CCCCC2NC1=O. The smallest absolute Gasteiger partial charge is 0.237 e. The highest BCUT2D eigenvalue weighted by atomic mass is 16.2. The second-order valence-corrected chi connectivity index (χ2v) is 6.86. The summed E-state index contributed by atoms with van der Waals surface area (Å²) in [6.07, 6.45) is 8.26. The molecule has 118 valence electrons. The number of rotatable bonds is 2. The Morgan fingerprint density at radius 3 is 2.62 bits per heavy atom. The van der Waals surface area contributed by atoms with Gasteiger partial charge in [0.05, 0.1) is 12.5 Å². The van der Waals surface area contributed by atoms with Crippen molar-refractivity contribution in [2.24, 2.45) is 0 Å². The van der Waals surface area contributed by atoms with Crippen molar-refractivity contribution in [3.8, 4) is 0 Å². The molecule has 2 heterocycles. The minimum absolute atomic E-state index is 0.0103. The van der Waals surface area contributed by atoms with Gasteiger partial charge in [-0.2, -0.15) is 0 Å². The van der Waals surface area contributed by atoms with Crippen LogP contribution in [0.5, 0.6) is 0 Å². The fraction of sp³-hybridized carbons (Fsp3) is 0.875. The third-order valence-electron chi connectivity index (χ3n) is 5.33. The molecule has 0 bridgehead atoms. The van der Waals surface area contributed by atoms with E-state index in [9.17, 15) is 9.59 Å². The van der Waals surface area contributed by atoms with Crippen LogP contribution in [0, 0.1) is 0 Å². The number of nitrogens with zero attached hydrogens (tertiary/aromatic N) is 1. The Bertz CT molecular complexity index is 412. The first-order valence-corrected chi connectivity index (χ1v) is 8.51. The van der Waals surface area contributed by atoms with Crippen LogP contribution in [-0.4, -0.2) is 47.4 Å². The van der Waals surface area contributed by atoms with Gasteiger partial charge in [-0.3, -0.25) is 9.59 Å². The molecule has 3 fully saturated rings. The Morgan fingerprint density at radius 1 is 1.14 bits per heavy atom. The molecule has 2 saturated heterocycles. The van der Waals surface area contributed by atoms with Gasteiger partial charge in [-0.05, 0) is 39.0 Å². The normalized spacial score (nSPS) is 36.8. The second-order valence-electron chi connectivity index (χ2n) is 6.86. The van der Waals surface area contributed by atoms with Gasteiger partial charge < -0.3 is 15.5 Å². The Hall–Kier alpha value is -1.10. The van der Waals surface area contributed by atoms with Gasteiger partial charge >= 0.3 is 0 Å². The lowest BCUT2D eigenvalue weighted by atomic mass is 9.87. The number of carbonyl (C=O) groups excluding carboxylic acids is 2. The van der Waals surface area contributed by atoms with Crippen molar-refractivity contribution >= 4 is 11.8 Å². The van der Waals surface area contributed by atoms with Gasteiger partial charge in [0.15, 0.2) is 0 Å². The lowest BCUT2D eigenvalue weighted by Crippen LogP contribution is -2.65. The summed E-state index contributed by atoms with van der Waals surface area (Å²) < 4.78 is 0. The van der Waals surface area contributed by atoms with Crippen LogP contribution in [-0.2, 0) is 9.59 Å². The third kappa shape index (κ3) is 3.23. The summed E-state index contributed by atoms with van der Waals surface area (Å²) in [5.41, 5.74) is 0. The first kappa shape index (κ1) is 14.8. The first-order valence-electron chi connectivity index (χ1n) is 8.51. The molecular weight excluding hydrogens is 266 g/mol. The zero-order valence-corrected chi connectivity index (χ0v) is 12.9. The number of nitrogens with one attached hydrogen (secondary N) is 2. The lowest BCUT2D eigenvalue weighted by molar-refractivity contribution is -0.139. The average molecular weight is 293 g/mol. The predicted molar refractivity (Wildman–Crippen MR) is 80.8 cm³/mol. The number of hydrogen-bond donors (Lipinski definition) is 2. The monoisotopic (exact) mass is 293 g/mol. The van der Waals surface area contributed by atoms with Crippen LogP contribution in [0.3, 0.4) is 0 Å². The molecule has 5 nitrogen and oxygen atoms in total. The number of hydrogen-bond acceptors (Lipinski definition) is 3. The van der Waals surface area contributed by atoms with E-state index in [0.717, 1.165) is 32.2 Å². The quantitative estimate of drug-likeness (QED) is 0.803. The average Bonchev–Trinajstić information content (AvgIpc) is 2.48. The molecule has 0 radical (unpaired) electrons. The molecule has 4 atom stereocenters. The second kappa shape index (κ2) is 6.34. The molecule has 5 heteroatoms. The number of carbonyl (C=O) groups is 2. The van der Waals surface area contributed by atoms with Gasteiger partial charge in [0, 0.05) is 24.7 Å². The largest absolute Gasteiger partial charge is 0.350 e. The number of fused-ring (bicyclic) bond motifs is 1. The zero-order chi connectivity index (χ0) is 14.8. The fourth-order valence-corrected chi connectivity index (χ4v) is 4.03. The van der Waals surface area contributed by atoms with Crippen molar-refractivity contribution in [1.29, 1.82) is 0 Å². The summed E-state index contributed by atoms with van der Waals surface area (Å²) in [5, 5.41) is 6.55. The molecule has 1 aliphatic carbocycles. The Morgan fingerprint density at radius 2 is 1.86 bits per heavy atom. The maximum absolute atomic E-state index is 12.5. The van der Waals surface area contributed by atoms with Crippen molar-refractivity contribution in [2.45, 2.75) is 82.5 Å². The fourth-order valence-electron chi connectivity index (χ4n) is 4.03. The Balaban J connectivity index is 1.58. The van der Waals surface area contributed by atoms with Crippen LogP contribution < -0.4 is 10.6 Å². The van der Waals surface area contributed by atoms with E-state index in [1.165, 1.54) is 19.3 Å². The van der Waals surface area contributed by atoms with E-state index in [1.807, 2.05) is 4.90 Å². The maximum atomic E-state index is 12.5. The number of piperazine rings is 1. The van der Waals surface area contributed by atoms with Crippen LogP contribution >= 0.6 is 0 Å². The van der Waals surface area contributed by atoms with Crippen molar-refractivity contribution in [3.63, 3.8) is 0 Å². The number of likely N-dealkylation sites (tertiary alicyclic amines) is 1. The summed E-state index contributed by atoms with van der Waals surface area (Å²) in [7, 11) is 0. The molecule has 0 aromatic rings. The molecule has 4 unspecified atom stereocenters. The van der Waals surface area contributed by atoms with Gasteiger partial charge in [-0.1, -0.05) is 12.8 Å². The van der Waals surface area contributed by atoms with E-state index in [2.05, 4.69) is 17.6 Å². The first-order chi connectivity index (χ1) is 10.1. The molecule has 0 aromatic carbocycles. The summed E-state index contributed by atoms with van der Waals surface area (Å²) in [4.78, 5) is 26.7. The predicted octanol–water partition coefficient (Wildman–Crippen LogP) is 1.18.